The molecule has 0 amide bonds. The van der Waals surface area contributed by atoms with Crippen LogP contribution >= 0.6 is 0 Å². The molecule has 0 aromatic heterocycles. The van der Waals surface area contributed by atoms with E-state index in [-0.39, 0.29) is 16.4 Å². The fourth-order valence-electron chi connectivity index (χ4n) is 0. The minimum absolute atomic E-state index is 0. The summed E-state index contributed by atoms with van der Waals surface area (Å²) in [5, 5.41) is 7.51. The largest absolute Gasteiger partial charge is 0.412 e. The molecule has 0 aliphatic carbocycles. The molecular formula is C3H9NOSi. The highest BCUT2D eigenvalue weighted by Crippen LogP contribution is 1.41. The number of hydrogen-bond acceptors (Lipinski definition) is 1. The van der Waals surface area contributed by atoms with Crippen LogP contribution in [0.2, 0.25) is 0 Å². The fourth-order valence-corrected chi connectivity index (χ4v) is 0. The lowest BCUT2D eigenvalue weighted by atomic mass is 10.8. The molecular weight excluding hydrogens is 94.1 g/mol. The monoisotopic (exact) mass is 103 g/mol. The average Bonchev–Trinajstić information content (AvgIpc) is 1.37. The van der Waals surface area contributed by atoms with E-state index in [9.17, 15) is 0 Å². The molecule has 3 heteroatoms. The zero-order valence-corrected chi connectivity index (χ0v) is 2.73. The maximum Gasteiger partial charge on any atom is 0.0905 e. The second-order valence-electron chi connectivity index (χ2n) is 0.333. The van der Waals surface area contributed by atoms with E-state index in [4.69, 9.17) is 5.26 Å². The molecule has 0 aliphatic heterocycles. The maximum absolute atomic E-state index is 7.51. The van der Waals surface area contributed by atoms with Crippen molar-refractivity contribution >= 4 is 11.0 Å². The van der Waals surface area contributed by atoms with Gasteiger partial charge in [0.1, 0.15) is 0 Å². The van der Waals surface area contributed by atoms with Gasteiger partial charge in [0.25, 0.3) is 0 Å². The third-order valence-electron chi connectivity index (χ3n) is 0.0913. The summed E-state index contributed by atoms with van der Waals surface area (Å²) in [5.41, 5.74) is 0. The molecule has 6 heavy (non-hydrogen) atoms. The second-order valence-corrected chi connectivity index (χ2v) is 0.333. The Hall–Kier alpha value is -0.593. The summed E-state index contributed by atoms with van der Waals surface area (Å²) in [7, 11) is 0. The zero-order valence-electron chi connectivity index (χ0n) is 2.73. The van der Waals surface area contributed by atoms with Crippen molar-refractivity contribution in [1.29, 1.82) is 5.26 Å². The summed E-state index contributed by atoms with van der Waals surface area (Å²) in [5.74, 6) is 0. The Balaban J connectivity index is -0.0000000450. The van der Waals surface area contributed by atoms with Crippen LogP contribution in [-0.2, 0) is 0 Å². The highest BCUT2D eigenvalue weighted by atomic mass is 28.1. The molecule has 2 N–H and O–H groups in total. The topological polar surface area (TPSA) is 55.3 Å². The van der Waals surface area contributed by atoms with Crippen molar-refractivity contribution in [2.24, 2.45) is 0 Å². The number of allylic oxidation sites excluding steroid dienone is 1. The first-order valence-electron chi connectivity index (χ1n) is 0.921. The van der Waals surface area contributed by atoms with Crippen molar-refractivity contribution < 1.29 is 5.48 Å². The van der Waals surface area contributed by atoms with Gasteiger partial charge in [0.05, 0.1) is 6.07 Å². The molecule has 0 atom stereocenters. The van der Waals surface area contributed by atoms with Crippen molar-refractivity contribution in [2.45, 2.75) is 0 Å². The molecule has 0 aromatic carbocycles. The van der Waals surface area contributed by atoms with Crippen LogP contribution in [0.3, 0.4) is 0 Å². The van der Waals surface area contributed by atoms with E-state index in [1.165, 1.54) is 6.08 Å². The van der Waals surface area contributed by atoms with Crippen LogP contribution in [0.4, 0.5) is 0 Å². The second kappa shape index (κ2) is 25.8. The maximum atomic E-state index is 7.51. The van der Waals surface area contributed by atoms with E-state index in [1.807, 2.05) is 0 Å². The van der Waals surface area contributed by atoms with E-state index < -0.39 is 0 Å². The molecule has 0 unspecified atom stereocenters. The summed E-state index contributed by atoms with van der Waals surface area (Å²) in [4.78, 5) is 0. The summed E-state index contributed by atoms with van der Waals surface area (Å²) in [6.45, 7) is 3.12. The Morgan fingerprint density at radius 1 is 1.67 bits per heavy atom. The van der Waals surface area contributed by atoms with Gasteiger partial charge < -0.3 is 5.48 Å². The number of rotatable bonds is 0. The van der Waals surface area contributed by atoms with Crippen LogP contribution in [0.15, 0.2) is 12.7 Å². The first-order chi connectivity index (χ1) is 1.91. The van der Waals surface area contributed by atoms with E-state index in [1.54, 1.807) is 6.07 Å². The van der Waals surface area contributed by atoms with E-state index in [0.29, 0.717) is 0 Å². The molecule has 0 fully saturated rings. The summed E-state index contributed by atoms with van der Waals surface area (Å²) in [6.07, 6.45) is 1.18. The van der Waals surface area contributed by atoms with Crippen LogP contribution in [0, 0.1) is 11.3 Å². The lowest BCUT2D eigenvalue weighted by molar-refractivity contribution is 0.824. The van der Waals surface area contributed by atoms with Gasteiger partial charge in [-0.2, -0.15) is 5.26 Å². The van der Waals surface area contributed by atoms with Gasteiger partial charge in [-0.15, -0.1) is 0 Å². The van der Waals surface area contributed by atoms with Crippen molar-refractivity contribution in [3.63, 3.8) is 0 Å². The zero-order chi connectivity index (χ0) is 3.41. The Kier molecular flexibility index (Phi) is 78.1. The summed E-state index contributed by atoms with van der Waals surface area (Å²) < 4.78 is 0. The van der Waals surface area contributed by atoms with Crippen molar-refractivity contribution in [1.82, 2.24) is 0 Å². The van der Waals surface area contributed by atoms with Gasteiger partial charge in [0, 0.05) is 6.08 Å². The molecule has 36 valence electrons. The van der Waals surface area contributed by atoms with Gasteiger partial charge in [-0.3, -0.25) is 0 Å². The first-order valence-corrected chi connectivity index (χ1v) is 0.921. The highest BCUT2D eigenvalue weighted by molar-refractivity contribution is 5.75. The third kappa shape index (κ3) is 119. The van der Waals surface area contributed by atoms with E-state index >= 15 is 0 Å². The molecule has 0 saturated heterocycles. The number of hydrogen-bond donors (Lipinski definition) is 0. The SMILES string of the molecule is C=CC#N.O.[SiH4]. The van der Waals surface area contributed by atoms with Gasteiger partial charge in [-0.1, -0.05) is 6.58 Å². The van der Waals surface area contributed by atoms with Crippen molar-refractivity contribution in [3.8, 4) is 6.07 Å². The van der Waals surface area contributed by atoms with Crippen LogP contribution < -0.4 is 0 Å². The van der Waals surface area contributed by atoms with Gasteiger partial charge in [-0.05, 0) is 11.0 Å². The number of nitrogens with zero attached hydrogens (tertiary/aromatic N) is 1. The lowest BCUT2D eigenvalue weighted by Crippen LogP contribution is -1.23. The fraction of sp³-hybridized carbons (Fsp3) is 0. The van der Waals surface area contributed by atoms with Crippen LogP contribution in [0.25, 0.3) is 0 Å². The molecule has 0 rings (SSSR count). The Morgan fingerprint density at radius 2 is 1.83 bits per heavy atom. The quantitative estimate of drug-likeness (QED) is 0.269. The predicted octanol–water partition coefficient (Wildman–Crippen LogP) is -1.58. The smallest absolute Gasteiger partial charge is 0.0905 e. The van der Waals surface area contributed by atoms with Gasteiger partial charge in [0.2, 0.25) is 0 Å². The van der Waals surface area contributed by atoms with E-state index in [0.717, 1.165) is 0 Å². The van der Waals surface area contributed by atoms with E-state index in [2.05, 4.69) is 6.58 Å². The molecule has 2 nitrogen and oxygen atoms in total. The molecule has 0 aliphatic rings. The molecule has 0 bridgehead atoms. The first kappa shape index (κ1) is 18.1. The van der Waals surface area contributed by atoms with Crippen LogP contribution in [0.1, 0.15) is 0 Å². The summed E-state index contributed by atoms with van der Waals surface area (Å²) in [6, 6.07) is 1.69. The Morgan fingerprint density at radius 3 is 1.83 bits per heavy atom. The molecule has 0 radical (unpaired) electrons. The van der Waals surface area contributed by atoms with Gasteiger partial charge >= 0.3 is 0 Å². The van der Waals surface area contributed by atoms with Crippen LogP contribution in [-0.4, -0.2) is 16.4 Å². The Bertz CT molecular complexity index is 56.3. The van der Waals surface area contributed by atoms with Crippen molar-refractivity contribution in [2.75, 3.05) is 0 Å². The molecule has 0 saturated carbocycles. The van der Waals surface area contributed by atoms with Crippen LogP contribution in [0.5, 0.6) is 0 Å². The summed E-state index contributed by atoms with van der Waals surface area (Å²) >= 11 is 0. The normalized spacial score (nSPS) is 2.50. The molecule has 0 heterocycles. The standard InChI is InChI=1S/C3H3N.H2O.H4Si/c1-2-3-4;;/h2H,1H2;1H2;1H4. The number of nitriles is 1. The average molecular weight is 103 g/mol. The minimum Gasteiger partial charge on any atom is -0.412 e. The van der Waals surface area contributed by atoms with Gasteiger partial charge in [0.15, 0.2) is 0 Å². The Labute approximate surface area is 41.4 Å². The predicted molar refractivity (Wildman–Crippen MR) is 30.8 cm³/mol. The van der Waals surface area contributed by atoms with Crippen molar-refractivity contribution in [3.05, 3.63) is 12.7 Å². The molecule has 0 aromatic rings. The lowest BCUT2D eigenvalue weighted by Gasteiger charge is -1.31. The third-order valence-corrected chi connectivity index (χ3v) is 0.0913. The highest BCUT2D eigenvalue weighted by Gasteiger charge is 1.34. The minimum atomic E-state index is 0. The molecule has 0 spiro atoms. The van der Waals surface area contributed by atoms with Gasteiger partial charge in [-0.25, -0.2) is 0 Å².